The van der Waals surface area contributed by atoms with E-state index in [1.54, 1.807) is 31.3 Å². The van der Waals surface area contributed by atoms with Gasteiger partial charge in [0.05, 0.1) is 11.3 Å². The van der Waals surface area contributed by atoms with E-state index in [1.807, 2.05) is 52.0 Å². The van der Waals surface area contributed by atoms with Gasteiger partial charge in [0.1, 0.15) is 0 Å². The van der Waals surface area contributed by atoms with Gasteiger partial charge in [-0.3, -0.25) is 9.59 Å². The maximum absolute atomic E-state index is 12.9. The van der Waals surface area contributed by atoms with Crippen LogP contribution in [0.5, 0.6) is 0 Å². The quantitative estimate of drug-likeness (QED) is 0.246. The SMILES string of the molecule is CC(=O)N1CCN(c2ccc(Nc3nc(-c4cccc(NC(=O)c5ccc(C(F)(F)F)cc5)c4)cn4ccnc34)cc2)CC1. The van der Waals surface area contributed by atoms with E-state index in [4.69, 9.17) is 4.98 Å². The van der Waals surface area contributed by atoms with E-state index in [2.05, 4.69) is 20.5 Å². The molecule has 2 N–H and O–H groups in total. The smallest absolute Gasteiger partial charge is 0.368 e. The number of amides is 2. The highest BCUT2D eigenvalue weighted by Gasteiger charge is 2.30. The Morgan fingerprint density at radius 1 is 0.886 bits per heavy atom. The summed E-state index contributed by atoms with van der Waals surface area (Å²) in [4.78, 5) is 37.7. The Morgan fingerprint density at radius 2 is 1.61 bits per heavy atom. The number of rotatable bonds is 6. The fourth-order valence-corrected chi connectivity index (χ4v) is 5.10. The number of aromatic nitrogens is 3. The lowest BCUT2D eigenvalue weighted by atomic mass is 10.1. The second kappa shape index (κ2) is 11.7. The molecule has 1 aliphatic rings. The molecule has 2 amide bonds. The number of nitrogens with zero attached hydrogens (tertiary/aromatic N) is 5. The fourth-order valence-electron chi connectivity index (χ4n) is 5.10. The first kappa shape index (κ1) is 28.7. The van der Waals surface area contributed by atoms with Crippen LogP contribution in [-0.2, 0) is 11.0 Å². The molecule has 9 nitrogen and oxygen atoms in total. The van der Waals surface area contributed by atoms with Crippen molar-refractivity contribution in [1.29, 1.82) is 0 Å². The van der Waals surface area contributed by atoms with Crippen LogP contribution in [0, 0.1) is 0 Å². The van der Waals surface area contributed by atoms with Crippen molar-refractivity contribution in [3.63, 3.8) is 0 Å². The molecule has 0 saturated carbocycles. The normalized spacial score (nSPS) is 13.6. The van der Waals surface area contributed by atoms with Gasteiger partial charge in [-0.25, -0.2) is 9.97 Å². The number of anilines is 4. The lowest BCUT2D eigenvalue weighted by Gasteiger charge is -2.35. The Kier molecular flexibility index (Phi) is 7.64. The maximum atomic E-state index is 12.9. The van der Waals surface area contributed by atoms with Gasteiger partial charge < -0.3 is 24.8 Å². The number of benzene rings is 3. The predicted molar refractivity (Wildman–Crippen MR) is 162 cm³/mol. The molecule has 3 aromatic carbocycles. The first-order valence-electron chi connectivity index (χ1n) is 13.9. The van der Waals surface area contributed by atoms with Crippen molar-refractivity contribution in [2.75, 3.05) is 41.7 Å². The Morgan fingerprint density at radius 3 is 2.30 bits per heavy atom. The molecule has 0 aliphatic carbocycles. The molecule has 0 radical (unpaired) electrons. The third-order valence-electron chi connectivity index (χ3n) is 7.48. The summed E-state index contributed by atoms with van der Waals surface area (Å²) >= 11 is 0. The summed E-state index contributed by atoms with van der Waals surface area (Å²) < 4.78 is 40.5. The fraction of sp³-hybridized carbons (Fsp3) is 0.188. The lowest BCUT2D eigenvalue weighted by molar-refractivity contribution is -0.137. The van der Waals surface area contributed by atoms with Gasteiger partial charge in [0.25, 0.3) is 5.91 Å². The number of alkyl halides is 3. The number of carbonyl (C=O) groups excluding carboxylic acids is 2. The number of hydrogen-bond donors (Lipinski definition) is 2. The third-order valence-corrected chi connectivity index (χ3v) is 7.48. The molecule has 1 saturated heterocycles. The highest BCUT2D eigenvalue weighted by Crippen LogP contribution is 2.30. The molecule has 0 bridgehead atoms. The van der Waals surface area contributed by atoms with Crippen molar-refractivity contribution >= 4 is 40.3 Å². The summed E-state index contributed by atoms with van der Waals surface area (Å²) in [6.45, 7) is 4.54. The van der Waals surface area contributed by atoms with Gasteiger partial charge in [-0.1, -0.05) is 12.1 Å². The molecule has 1 aliphatic heterocycles. The minimum atomic E-state index is -4.47. The van der Waals surface area contributed by atoms with Crippen molar-refractivity contribution in [1.82, 2.24) is 19.3 Å². The van der Waals surface area contributed by atoms with Crippen LogP contribution >= 0.6 is 0 Å². The number of hydrogen-bond acceptors (Lipinski definition) is 6. The highest BCUT2D eigenvalue weighted by molar-refractivity contribution is 6.04. The molecule has 1 fully saturated rings. The Balaban J connectivity index is 1.19. The van der Waals surface area contributed by atoms with E-state index in [0.29, 0.717) is 41.5 Å². The Labute approximate surface area is 251 Å². The number of carbonyl (C=O) groups is 2. The van der Waals surface area contributed by atoms with Crippen LogP contribution < -0.4 is 15.5 Å². The van der Waals surface area contributed by atoms with Crippen molar-refractivity contribution in [2.24, 2.45) is 0 Å². The average molecular weight is 600 g/mol. The topological polar surface area (TPSA) is 94.9 Å². The predicted octanol–water partition coefficient (Wildman–Crippen LogP) is 6.08. The van der Waals surface area contributed by atoms with Crippen LogP contribution in [0.15, 0.2) is 91.4 Å². The van der Waals surface area contributed by atoms with E-state index in [1.165, 1.54) is 0 Å². The van der Waals surface area contributed by atoms with Crippen molar-refractivity contribution < 1.29 is 22.8 Å². The van der Waals surface area contributed by atoms with Crippen molar-refractivity contribution in [3.8, 4) is 11.3 Å². The number of imidazole rings is 1. The zero-order chi connectivity index (χ0) is 30.8. The van der Waals surface area contributed by atoms with Crippen molar-refractivity contribution in [2.45, 2.75) is 13.1 Å². The molecule has 12 heteroatoms. The van der Waals surface area contributed by atoms with Crippen LogP contribution in [-0.4, -0.2) is 57.3 Å². The lowest BCUT2D eigenvalue weighted by Crippen LogP contribution is -2.48. The zero-order valence-corrected chi connectivity index (χ0v) is 23.7. The van der Waals surface area contributed by atoms with Crippen LogP contribution in [0.3, 0.4) is 0 Å². The van der Waals surface area contributed by atoms with Crippen LogP contribution in [0.4, 0.5) is 36.1 Å². The monoisotopic (exact) mass is 599 g/mol. The number of nitrogens with one attached hydrogen (secondary N) is 2. The van der Waals surface area contributed by atoms with Crippen molar-refractivity contribution in [3.05, 3.63) is 103 Å². The van der Waals surface area contributed by atoms with Gasteiger partial charge in [-0.2, -0.15) is 13.2 Å². The second-order valence-electron chi connectivity index (χ2n) is 10.4. The standard InChI is InChI=1S/C32H28F3N7O2/c1-21(43)40-15-17-41(18-16-40)27-11-9-25(10-12-27)37-29-30-36-13-14-42(30)20-28(39-29)23-3-2-4-26(19-23)38-31(44)22-5-7-24(8-6-22)32(33,34)35/h2-14,19-20H,15-18H2,1H3,(H,37,39)(H,38,44). The summed E-state index contributed by atoms with van der Waals surface area (Å²) in [5.74, 6) is 0.105. The summed E-state index contributed by atoms with van der Waals surface area (Å²) in [6.07, 6.45) is 0.841. The van der Waals surface area contributed by atoms with E-state index >= 15 is 0 Å². The molecule has 224 valence electrons. The number of fused-ring (bicyclic) bond motifs is 1. The van der Waals surface area contributed by atoms with E-state index in [9.17, 15) is 22.8 Å². The minimum absolute atomic E-state index is 0.0962. The molecule has 0 unspecified atom stereocenters. The minimum Gasteiger partial charge on any atom is -0.368 e. The first-order chi connectivity index (χ1) is 21.1. The van der Waals surface area contributed by atoms with Gasteiger partial charge in [0.15, 0.2) is 11.5 Å². The second-order valence-corrected chi connectivity index (χ2v) is 10.4. The first-order valence-corrected chi connectivity index (χ1v) is 13.9. The van der Waals surface area contributed by atoms with Gasteiger partial charge in [-0.05, 0) is 60.7 Å². The average Bonchev–Trinajstić information content (AvgIpc) is 3.51. The molecule has 0 atom stereocenters. The van der Waals surface area contributed by atoms with Gasteiger partial charge in [0, 0.05) is 79.9 Å². The summed E-state index contributed by atoms with van der Waals surface area (Å²) in [7, 11) is 0. The molecule has 3 heterocycles. The Hall–Kier alpha value is -5.39. The van der Waals surface area contributed by atoms with Gasteiger partial charge >= 0.3 is 6.18 Å². The highest BCUT2D eigenvalue weighted by atomic mass is 19.4. The molecule has 6 rings (SSSR count). The third kappa shape index (κ3) is 6.19. The summed E-state index contributed by atoms with van der Waals surface area (Å²) in [6, 6.07) is 19.1. The van der Waals surface area contributed by atoms with Gasteiger partial charge in [-0.15, -0.1) is 0 Å². The Bertz CT molecular complexity index is 1810. The maximum Gasteiger partial charge on any atom is 0.416 e. The molecule has 5 aromatic rings. The van der Waals surface area contributed by atoms with E-state index < -0.39 is 17.6 Å². The largest absolute Gasteiger partial charge is 0.416 e. The molecular formula is C32H28F3N7O2. The zero-order valence-electron chi connectivity index (χ0n) is 23.7. The summed E-state index contributed by atoms with van der Waals surface area (Å²) in [5.41, 5.74) is 3.61. The van der Waals surface area contributed by atoms with E-state index in [0.717, 1.165) is 48.7 Å². The molecule has 2 aromatic heterocycles. The molecular weight excluding hydrogens is 571 g/mol. The van der Waals surface area contributed by atoms with Crippen LogP contribution in [0.1, 0.15) is 22.8 Å². The summed E-state index contributed by atoms with van der Waals surface area (Å²) in [5, 5.41) is 6.11. The van der Waals surface area contributed by atoms with Gasteiger partial charge in [0.2, 0.25) is 5.91 Å². The molecule has 44 heavy (non-hydrogen) atoms. The number of piperazine rings is 1. The number of halogens is 3. The van der Waals surface area contributed by atoms with Crippen LogP contribution in [0.25, 0.3) is 16.9 Å². The van der Waals surface area contributed by atoms with Crippen LogP contribution in [0.2, 0.25) is 0 Å². The molecule has 0 spiro atoms. The van der Waals surface area contributed by atoms with E-state index in [-0.39, 0.29) is 11.5 Å².